The molecule has 0 aliphatic carbocycles. The van der Waals surface area contributed by atoms with E-state index >= 15 is 0 Å². The lowest BCUT2D eigenvalue weighted by molar-refractivity contribution is 0.0256. The fourth-order valence-electron chi connectivity index (χ4n) is 2.10. The molecule has 3 nitrogen and oxygen atoms in total. The van der Waals surface area contributed by atoms with E-state index in [1.807, 2.05) is 0 Å². The fraction of sp³-hybridized carbons (Fsp3) is 0.500. The molecule has 2 rings (SSSR count). The van der Waals surface area contributed by atoms with Crippen molar-refractivity contribution in [2.24, 2.45) is 0 Å². The lowest BCUT2D eigenvalue weighted by Gasteiger charge is -2.25. The van der Waals surface area contributed by atoms with Gasteiger partial charge in [-0.25, -0.2) is 4.39 Å². The number of nitrogens with one attached hydrogen (secondary N) is 1. The third kappa shape index (κ3) is 3.38. The van der Waals surface area contributed by atoms with Crippen LogP contribution in [0.5, 0.6) is 0 Å². The van der Waals surface area contributed by atoms with Crippen LogP contribution in [0.3, 0.4) is 0 Å². The van der Waals surface area contributed by atoms with Crippen LogP contribution in [0.1, 0.15) is 39.9 Å². The highest BCUT2D eigenvalue weighted by Crippen LogP contribution is 2.31. The average molecular weight is 279 g/mol. The van der Waals surface area contributed by atoms with E-state index in [4.69, 9.17) is 4.42 Å². The van der Waals surface area contributed by atoms with Gasteiger partial charge in [0, 0.05) is 10.9 Å². The molecule has 110 valence electrons. The van der Waals surface area contributed by atoms with Gasteiger partial charge >= 0.3 is 0 Å². The predicted molar refractivity (Wildman–Crippen MR) is 78.1 cm³/mol. The first-order valence-corrected chi connectivity index (χ1v) is 6.85. The maximum atomic E-state index is 13.6. The molecule has 0 aliphatic rings. The first kappa shape index (κ1) is 15.0. The molecule has 0 saturated carbocycles. The van der Waals surface area contributed by atoms with Crippen LogP contribution in [-0.2, 0) is 5.60 Å². The minimum Gasteiger partial charge on any atom is -0.455 e. The van der Waals surface area contributed by atoms with Crippen molar-refractivity contribution >= 4 is 11.0 Å². The van der Waals surface area contributed by atoms with Crippen molar-refractivity contribution < 1.29 is 13.9 Å². The molecule has 0 fully saturated rings. The van der Waals surface area contributed by atoms with Gasteiger partial charge in [-0.1, -0.05) is 12.1 Å². The highest BCUT2D eigenvalue weighted by Gasteiger charge is 2.28. The Hall–Kier alpha value is -1.39. The van der Waals surface area contributed by atoms with Crippen molar-refractivity contribution in [1.29, 1.82) is 0 Å². The summed E-state index contributed by atoms with van der Waals surface area (Å²) < 4.78 is 19.1. The van der Waals surface area contributed by atoms with Crippen molar-refractivity contribution in [3.8, 4) is 0 Å². The summed E-state index contributed by atoms with van der Waals surface area (Å²) in [5, 5.41) is 14.5. The second kappa shape index (κ2) is 5.19. The van der Waals surface area contributed by atoms with E-state index in [1.165, 1.54) is 6.07 Å². The SMILES string of the molecule is CC(C)(C)NCCC(C)(O)c1cc2cccc(F)c2o1. The Morgan fingerprint density at radius 2 is 1.95 bits per heavy atom. The Morgan fingerprint density at radius 3 is 2.55 bits per heavy atom. The van der Waals surface area contributed by atoms with Crippen molar-refractivity contribution in [2.75, 3.05) is 6.54 Å². The summed E-state index contributed by atoms with van der Waals surface area (Å²) in [4.78, 5) is 0. The highest BCUT2D eigenvalue weighted by atomic mass is 19.1. The predicted octanol–water partition coefficient (Wildman–Crippen LogP) is 3.56. The number of halogens is 1. The number of hydrogen-bond donors (Lipinski definition) is 2. The first-order chi connectivity index (χ1) is 9.19. The number of aliphatic hydroxyl groups is 1. The van der Waals surface area contributed by atoms with Gasteiger partial charge in [0.2, 0.25) is 0 Å². The minimum atomic E-state index is -1.12. The molecule has 0 amide bonds. The molecule has 1 aromatic heterocycles. The summed E-state index contributed by atoms with van der Waals surface area (Å²) in [6.45, 7) is 8.54. The second-order valence-corrected chi connectivity index (χ2v) is 6.47. The summed E-state index contributed by atoms with van der Waals surface area (Å²) in [5.41, 5.74) is -0.925. The van der Waals surface area contributed by atoms with Gasteiger partial charge in [-0.2, -0.15) is 0 Å². The molecular formula is C16H22FNO2. The molecule has 0 aliphatic heterocycles. The smallest absolute Gasteiger partial charge is 0.170 e. The Balaban J connectivity index is 2.17. The molecule has 0 spiro atoms. The van der Waals surface area contributed by atoms with Crippen LogP contribution in [-0.4, -0.2) is 17.2 Å². The van der Waals surface area contributed by atoms with Gasteiger partial charge in [0.25, 0.3) is 0 Å². The molecule has 0 bridgehead atoms. The molecule has 0 radical (unpaired) electrons. The van der Waals surface area contributed by atoms with E-state index in [-0.39, 0.29) is 11.1 Å². The van der Waals surface area contributed by atoms with Crippen molar-refractivity contribution in [3.05, 3.63) is 35.8 Å². The number of fused-ring (bicyclic) bond motifs is 1. The van der Waals surface area contributed by atoms with Crippen molar-refractivity contribution in [2.45, 2.75) is 45.3 Å². The zero-order valence-corrected chi connectivity index (χ0v) is 12.5. The largest absolute Gasteiger partial charge is 0.455 e. The molecule has 20 heavy (non-hydrogen) atoms. The van der Waals surface area contributed by atoms with Gasteiger partial charge in [0.05, 0.1) is 0 Å². The zero-order chi connectivity index (χ0) is 15.0. The van der Waals surface area contributed by atoms with Crippen molar-refractivity contribution in [1.82, 2.24) is 5.32 Å². The van der Waals surface area contributed by atoms with E-state index < -0.39 is 11.4 Å². The maximum absolute atomic E-state index is 13.6. The molecule has 2 aromatic rings. The minimum absolute atomic E-state index is 0.00390. The van der Waals surface area contributed by atoms with Crippen LogP contribution in [0.4, 0.5) is 4.39 Å². The van der Waals surface area contributed by atoms with E-state index in [1.54, 1.807) is 25.1 Å². The molecule has 2 N–H and O–H groups in total. The van der Waals surface area contributed by atoms with E-state index in [0.717, 1.165) is 0 Å². The Kier molecular flexibility index (Phi) is 3.89. The Morgan fingerprint density at radius 1 is 1.25 bits per heavy atom. The van der Waals surface area contributed by atoms with Gasteiger partial charge in [-0.05, 0) is 52.8 Å². The summed E-state index contributed by atoms with van der Waals surface area (Å²) >= 11 is 0. The van der Waals surface area contributed by atoms with E-state index in [0.29, 0.717) is 24.1 Å². The molecule has 1 aromatic carbocycles. The normalized spacial score (nSPS) is 15.5. The quantitative estimate of drug-likeness (QED) is 0.899. The molecule has 0 saturated heterocycles. The standard InChI is InChI=1S/C16H22FNO2/c1-15(2,3)18-9-8-16(4,19)13-10-11-6-5-7-12(17)14(11)20-13/h5-7,10,18-19H,8-9H2,1-4H3. The number of benzene rings is 1. The third-order valence-corrected chi connectivity index (χ3v) is 3.29. The molecule has 1 heterocycles. The number of para-hydroxylation sites is 1. The van der Waals surface area contributed by atoms with Crippen LogP contribution < -0.4 is 5.32 Å². The molecule has 4 heteroatoms. The van der Waals surface area contributed by atoms with Gasteiger partial charge in [0.15, 0.2) is 11.4 Å². The lowest BCUT2D eigenvalue weighted by atomic mass is 9.98. The lowest BCUT2D eigenvalue weighted by Crippen LogP contribution is -2.39. The first-order valence-electron chi connectivity index (χ1n) is 6.85. The second-order valence-electron chi connectivity index (χ2n) is 6.47. The molecule has 1 unspecified atom stereocenters. The van der Waals surface area contributed by atoms with Crippen LogP contribution in [0.2, 0.25) is 0 Å². The van der Waals surface area contributed by atoms with Crippen molar-refractivity contribution in [3.63, 3.8) is 0 Å². The number of furan rings is 1. The Labute approximate surface area is 118 Å². The average Bonchev–Trinajstić information content (AvgIpc) is 2.73. The maximum Gasteiger partial charge on any atom is 0.170 e. The summed E-state index contributed by atoms with van der Waals surface area (Å²) in [6.07, 6.45) is 0.492. The van der Waals surface area contributed by atoms with Gasteiger partial charge < -0.3 is 14.8 Å². The van der Waals surface area contributed by atoms with Crippen LogP contribution in [0, 0.1) is 5.82 Å². The fourth-order valence-corrected chi connectivity index (χ4v) is 2.10. The highest BCUT2D eigenvalue weighted by molar-refractivity contribution is 5.78. The number of rotatable bonds is 4. The van der Waals surface area contributed by atoms with Crippen LogP contribution >= 0.6 is 0 Å². The van der Waals surface area contributed by atoms with Crippen LogP contribution in [0.15, 0.2) is 28.7 Å². The molecule has 1 atom stereocenters. The third-order valence-electron chi connectivity index (χ3n) is 3.29. The number of hydrogen-bond acceptors (Lipinski definition) is 3. The van der Waals surface area contributed by atoms with E-state index in [9.17, 15) is 9.50 Å². The monoisotopic (exact) mass is 279 g/mol. The van der Waals surface area contributed by atoms with Gasteiger partial charge in [0.1, 0.15) is 11.4 Å². The van der Waals surface area contributed by atoms with Gasteiger partial charge in [-0.3, -0.25) is 0 Å². The van der Waals surface area contributed by atoms with E-state index in [2.05, 4.69) is 26.1 Å². The topological polar surface area (TPSA) is 45.4 Å². The Bertz CT molecular complexity index is 596. The summed E-state index contributed by atoms with van der Waals surface area (Å²) in [6, 6.07) is 6.46. The van der Waals surface area contributed by atoms with Gasteiger partial charge in [-0.15, -0.1) is 0 Å². The summed E-state index contributed by atoms with van der Waals surface area (Å²) in [5.74, 6) is -0.00863. The van der Waals surface area contributed by atoms with Crippen LogP contribution in [0.25, 0.3) is 11.0 Å². The summed E-state index contributed by atoms with van der Waals surface area (Å²) in [7, 11) is 0. The zero-order valence-electron chi connectivity index (χ0n) is 12.5. The molecular weight excluding hydrogens is 257 g/mol.